The Kier molecular flexibility index (Phi) is 6.56. The molecule has 146 valence electrons. The first-order chi connectivity index (χ1) is 12.7. The summed E-state index contributed by atoms with van der Waals surface area (Å²) in [5.74, 6) is -0.483. The average molecular weight is 391 g/mol. The van der Waals surface area contributed by atoms with Crippen LogP contribution in [0.3, 0.4) is 0 Å². The number of hydrogen-bond acceptors (Lipinski definition) is 4. The fraction of sp³-hybridized carbons (Fsp3) is 0.368. The number of aromatic amines is 1. The second-order valence-electron chi connectivity index (χ2n) is 6.24. The van der Waals surface area contributed by atoms with E-state index in [1.165, 1.54) is 22.5 Å². The number of nitrogens with one attached hydrogen (secondary N) is 2. The Morgan fingerprint density at radius 3 is 2.22 bits per heavy atom. The molecule has 7 nitrogen and oxygen atoms in total. The first-order valence-electron chi connectivity index (χ1n) is 8.81. The van der Waals surface area contributed by atoms with E-state index >= 15 is 0 Å². The molecular formula is C19H25N3O4S. The van der Waals surface area contributed by atoms with Crippen LogP contribution >= 0.6 is 0 Å². The van der Waals surface area contributed by atoms with Gasteiger partial charge in [0.15, 0.2) is 0 Å². The fourth-order valence-electron chi connectivity index (χ4n) is 2.75. The maximum absolute atomic E-state index is 12.5. The van der Waals surface area contributed by atoms with Gasteiger partial charge >= 0.3 is 0 Å². The normalized spacial score (nSPS) is 12.8. The number of pyridine rings is 1. The number of H-pyrrole nitrogens is 1. The Bertz CT molecular complexity index is 961. The monoisotopic (exact) mass is 391 g/mol. The smallest absolute Gasteiger partial charge is 0.260 e. The molecule has 0 radical (unpaired) electrons. The summed E-state index contributed by atoms with van der Waals surface area (Å²) < 4.78 is 26.4. The van der Waals surface area contributed by atoms with E-state index in [9.17, 15) is 18.0 Å². The number of nitrogens with zero attached hydrogens (tertiary/aromatic N) is 1. The first kappa shape index (κ1) is 20.9. The summed E-state index contributed by atoms with van der Waals surface area (Å²) in [6.45, 7) is 7.89. The predicted molar refractivity (Wildman–Crippen MR) is 104 cm³/mol. The van der Waals surface area contributed by atoms with Gasteiger partial charge in [-0.3, -0.25) is 9.59 Å². The van der Waals surface area contributed by atoms with Crippen molar-refractivity contribution in [3.05, 3.63) is 63.6 Å². The number of benzene rings is 1. The van der Waals surface area contributed by atoms with Gasteiger partial charge in [0, 0.05) is 18.8 Å². The Balaban J connectivity index is 2.17. The molecule has 0 fully saturated rings. The quantitative estimate of drug-likeness (QED) is 0.756. The highest BCUT2D eigenvalue weighted by Gasteiger charge is 2.22. The van der Waals surface area contributed by atoms with Gasteiger partial charge in [0.25, 0.3) is 11.5 Å². The topological polar surface area (TPSA) is 99.3 Å². The van der Waals surface area contributed by atoms with Crippen LogP contribution in [0.5, 0.6) is 0 Å². The van der Waals surface area contributed by atoms with Crippen LogP contribution in [-0.2, 0) is 10.0 Å². The lowest BCUT2D eigenvalue weighted by molar-refractivity contribution is 0.0938. The molecule has 2 rings (SSSR count). The molecule has 0 aliphatic heterocycles. The first-order valence-corrected chi connectivity index (χ1v) is 10.3. The standard InChI is InChI=1S/C19H25N3O4S/c1-5-22(6-2)27(25,26)16-10-8-15(9-11-16)14(4)21-19(24)17-12-7-13(3)20-18(17)23/h7-12,14H,5-6H2,1-4H3,(H,20,23)(H,21,24). The summed E-state index contributed by atoms with van der Waals surface area (Å²) in [6, 6.07) is 9.16. The van der Waals surface area contributed by atoms with Gasteiger partial charge in [0.1, 0.15) is 5.56 Å². The molecule has 0 saturated heterocycles. The van der Waals surface area contributed by atoms with Crippen molar-refractivity contribution in [1.29, 1.82) is 0 Å². The lowest BCUT2D eigenvalue weighted by Gasteiger charge is -2.19. The van der Waals surface area contributed by atoms with Crippen LogP contribution in [0.25, 0.3) is 0 Å². The molecule has 1 aromatic carbocycles. The summed E-state index contributed by atoms with van der Waals surface area (Å²) in [4.78, 5) is 27.0. The number of carbonyl (C=O) groups excluding carboxylic acids is 1. The Hall–Kier alpha value is -2.45. The van der Waals surface area contributed by atoms with Gasteiger partial charge in [-0.15, -0.1) is 0 Å². The van der Waals surface area contributed by atoms with Gasteiger partial charge in [-0.1, -0.05) is 26.0 Å². The van der Waals surface area contributed by atoms with E-state index < -0.39 is 21.5 Å². The average Bonchev–Trinajstić information content (AvgIpc) is 2.62. The van der Waals surface area contributed by atoms with Gasteiger partial charge in [-0.05, 0) is 43.7 Å². The molecule has 0 bridgehead atoms. The van der Waals surface area contributed by atoms with Gasteiger partial charge in [0.2, 0.25) is 10.0 Å². The highest BCUT2D eigenvalue weighted by Crippen LogP contribution is 2.19. The minimum absolute atomic E-state index is 0.0354. The fourth-order valence-corrected chi connectivity index (χ4v) is 4.21. The number of carbonyl (C=O) groups is 1. The molecule has 0 aliphatic carbocycles. The van der Waals surface area contributed by atoms with Crippen LogP contribution < -0.4 is 10.9 Å². The maximum atomic E-state index is 12.5. The molecule has 0 saturated carbocycles. The van der Waals surface area contributed by atoms with E-state index in [1.807, 2.05) is 0 Å². The Labute approximate surface area is 159 Å². The van der Waals surface area contributed by atoms with E-state index in [0.29, 0.717) is 18.8 Å². The largest absolute Gasteiger partial charge is 0.345 e. The molecule has 2 N–H and O–H groups in total. The minimum atomic E-state index is -3.52. The summed E-state index contributed by atoms with van der Waals surface area (Å²) in [5, 5.41) is 2.76. The number of aromatic nitrogens is 1. The number of rotatable bonds is 7. The van der Waals surface area contributed by atoms with Crippen LogP contribution in [0.2, 0.25) is 0 Å². The molecule has 1 aromatic heterocycles. The molecular weight excluding hydrogens is 366 g/mol. The van der Waals surface area contributed by atoms with Crippen molar-refractivity contribution in [3.63, 3.8) is 0 Å². The van der Waals surface area contributed by atoms with Gasteiger partial charge in [0.05, 0.1) is 10.9 Å². The van der Waals surface area contributed by atoms with Gasteiger partial charge in [-0.25, -0.2) is 8.42 Å². The summed E-state index contributed by atoms with van der Waals surface area (Å²) in [7, 11) is -3.52. The van der Waals surface area contributed by atoms with Crippen molar-refractivity contribution in [2.75, 3.05) is 13.1 Å². The van der Waals surface area contributed by atoms with E-state index in [-0.39, 0.29) is 16.5 Å². The molecule has 1 atom stereocenters. The van der Waals surface area contributed by atoms with Crippen molar-refractivity contribution in [1.82, 2.24) is 14.6 Å². The molecule has 1 unspecified atom stereocenters. The Morgan fingerprint density at radius 2 is 1.70 bits per heavy atom. The zero-order valence-corrected chi connectivity index (χ0v) is 16.8. The zero-order chi connectivity index (χ0) is 20.2. The number of aryl methyl sites for hydroxylation is 1. The SMILES string of the molecule is CCN(CC)S(=O)(=O)c1ccc(C(C)NC(=O)c2ccc(C)[nH]c2=O)cc1. The van der Waals surface area contributed by atoms with Crippen molar-refractivity contribution in [2.24, 2.45) is 0 Å². The van der Waals surface area contributed by atoms with Crippen molar-refractivity contribution < 1.29 is 13.2 Å². The number of hydrogen-bond donors (Lipinski definition) is 2. The molecule has 0 aliphatic rings. The van der Waals surface area contributed by atoms with E-state index in [0.717, 1.165) is 5.56 Å². The minimum Gasteiger partial charge on any atom is -0.345 e. The van der Waals surface area contributed by atoms with Crippen LogP contribution in [0, 0.1) is 6.92 Å². The number of sulfonamides is 1. The summed E-state index contributed by atoms with van der Waals surface area (Å²) in [5.41, 5.74) is 1.01. The van der Waals surface area contributed by atoms with E-state index in [1.54, 1.807) is 45.9 Å². The summed E-state index contributed by atoms with van der Waals surface area (Å²) in [6.07, 6.45) is 0. The second kappa shape index (κ2) is 8.49. The van der Waals surface area contributed by atoms with Crippen LogP contribution in [0.4, 0.5) is 0 Å². The molecule has 27 heavy (non-hydrogen) atoms. The number of amides is 1. The third-order valence-electron chi connectivity index (χ3n) is 4.37. The van der Waals surface area contributed by atoms with Gasteiger partial charge < -0.3 is 10.3 Å². The molecule has 2 aromatic rings. The van der Waals surface area contributed by atoms with Crippen molar-refractivity contribution >= 4 is 15.9 Å². The van der Waals surface area contributed by atoms with Crippen LogP contribution in [-0.4, -0.2) is 36.7 Å². The van der Waals surface area contributed by atoms with Gasteiger partial charge in [-0.2, -0.15) is 4.31 Å². The zero-order valence-electron chi connectivity index (χ0n) is 15.9. The predicted octanol–water partition coefficient (Wildman–Crippen LogP) is 2.20. The molecule has 0 spiro atoms. The maximum Gasteiger partial charge on any atom is 0.260 e. The second-order valence-corrected chi connectivity index (χ2v) is 8.18. The van der Waals surface area contributed by atoms with Crippen molar-refractivity contribution in [3.8, 4) is 0 Å². The van der Waals surface area contributed by atoms with Crippen LogP contribution in [0.15, 0.2) is 46.1 Å². The van der Waals surface area contributed by atoms with Crippen LogP contribution in [0.1, 0.15) is 48.4 Å². The van der Waals surface area contributed by atoms with E-state index in [4.69, 9.17) is 0 Å². The summed E-state index contributed by atoms with van der Waals surface area (Å²) >= 11 is 0. The highest BCUT2D eigenvalue weighted by molar-refractivity contribution is 7.89. The molecule has 1 heterocycles. The van der Waals surface area contributed by atoms with E-state index in [2.05, 4.69) is 10.3 Å². The third-order valence-corrected chi connectivity index (χ3v) is 6.43. The van der Waals surface area contributed by atoms with Crippen molar-refractivity contribution in [2.45, 2.75) is 38.6 Å². The Morgan fingerprint density at radius 1 is 1.11 bits per heavy atom. The molecule has 1 amide bonds. The molecule has 8 heteroatoms. The lowest BCUT2D eigenvalue weighted by Crippen LogP contribution is -2.32. The lowest BCUT2D eigenvalue weighted by atomic mass is 10.1. The third kappa shape index (κ3) is 4.64. The highest BCUT2D eigenvalue weighted by atomic mass is 32.2.